The van der Waals surface area contributed by atoms with E-state index in [-0.39, 0.29) is 18.0 Å². The van der Waals surface area contributed by atoms with E-state index in [1.165, 1.54) is 23.5 Å². The fraction of sp³-hybridized carbons (Fsp3) is 0.136. The number of carbonyl (C=O) groups excluding carboxylic acids is 1. The summed E-state index contributed by atoms with van der Waals surface area (Å²) in [6.45, 7) is 3.55. The second kappa shape index (κ2) is 8.02. The Labute approximate surface area is 191 Å². The van der Waals surface area contributed by atoms with Gasteiger partial charge in [0.2, 0.25) is 11.9 Å². The Hall–Kier alpha value is -4.25. The largest absolute Gasteiger partial charge is 0.454 e. The van der Waals surface area contributed by atoms with Crippen LogP contribution in [0.3, 0.4) is 0 Å². The number of nitrogens with zero attached hydrogens (tertiary/aromatic N) is 4. The highest BCUT2D eigenvalue weighted by Gasteiger charge is 2.21. The summed E-state index contributed by atoms with van der Waals surface area (Å²) in [4.78, 5) is 28.3. The van der Waals surface area contributed by atoms with Gasteiger partial charge in [-0.2, -0.15) is 9.78 Å². The summed E-state index contributed by atoms with van der Waals surface area (Å²) in [7, 11) is 0. The maximum absolute atomic E-state index is 12.9. The normalized spacial score (nSPS) is 12.1. The van der Waals surface area contributed by atoms with E-state index in [1.807, 2.05) is 23.6 Å². The summed E-state index contributed by atoms with van der Waals surface area (Å²) in [5, 5.41) is 20.9. The first-order valence-corrected chi connectivity index (χ1v) is 10.8. The molecule has 1 N–H and O–H groups in total. The molecule has 0 fully saturated rings. The number of hydrogen-bond donors (Lipinski definition) is 1. The third-order valence-electron chi connectivity index (χ3n) is 5.16. The lowest BCUT2D eigenvalue weighted by atomic mass is 10.1. The molecule has 4 aromatic rings. The van der Waals surface area contributed by atoms with Crippen LogP contribution in [0.1, 0.15) is 21.6 Å². The number of aromatic nitrogens is 3. The standard InChI is InChI=1S/C22H17N5O5S/c1-12-8-20(24-21(28)15-4-3-5-17(13(15)2)27(29)30)26(25-12)22-23-16(10-33-22)14-6-7-18-19(9-14)32-11-31-18/h3-10H,11H2,1-2H3,(H,24,28). The third-order valence-corrected chi connectivity index (χ3v) is 5.98. The molecule has 0 atom stereocenters. The minimum atomic E-state index is -0.506. The van der Waals surface area contributed by atoms with E-state index in [0.717, 1.165) is 11.3 Å². The zero-order valence-electron chi connectivity index (χ0n) is 17.6. The van der Waals surface area contributed by atoms with Crippen molar-refractivity contribution in [3.05, 3.63) is 74.8 Å². The molecule has 0 spiro atoms. The molecule has 0 unspecified atom stereocenters. The van der Waals surface area contributed by atoms with Crippen molar-refractivity contribution in [1.82, 2.24) is 14.8 Å². The highest BCUT2D eigenvalue weighted by molar-refractivity contribution is 7.12. The van der Waals surface area contributed by atoms with Crippen molar-refractivity contribution < 1.29 is 19.2 Å². The number of aryl methyl sites for hydroxylation is 1. The number of ether oxygens (including phenoxy) is 2. The van der Waals surface area contributed by atoms with Gasteiger partial charge in [-0.25, -0.2) is 4.98 Å². The fourth-order valence-electron chi connectivity index (χ4n) is 3.54. The van der Waals surface area contributed by atoms with Crippen LogP contribution in [0.4, 0.5) is 11.5 Å². The van der Waals surface area contributed by atoms with Gasteiger partial charge in [-0.15, -0.1) is 11.3 Å². The maximum Gasteiger partial charge on any atom is 0.273 e. The Morgan fingerprint density at radius 3 is 2.82 bits per heavy atom. The van der Waals surface area contributed by atoms with Crippen molar-refractivity contribution in [2.24, 2.45) is 0 Å². The summed E-state index contributed by atoms with van der Waals surface area (Å²) in [6, 6.07) is 11.7. The van der Waals surface area contributed by atoms with Gasteiger partial charge in [-0.1, -0.05) is 6.07 Å². The molecular formula is C22H17N5O5S. The molecule has 0 radical (unpaired) electrons. The zero-order valence-corrected chi connectivity index (χ0v) is 18.4. The number of anilines is 1. The highest BCUT2D eigenvalue weighted by Crippen LogP contribution is 2.36. The Morgan fingerprint density at radius 1 is 1.18 bits per heavy atom. The number of nitrogens with one attached hydrogen (secondary N) is 1. The zero-order chi connectivity index (χ0) is 23.1. The van der Waals surface area contributed by atoms with Gasteiger partial charge in [0, 0.05) is 34.2 Å². The third kappa shape index (κ3) is 3.78. The molecule has 2 aromatic heterocycles. The van der Waals surface area contributed by atoms with Gasteiger partial charge in [0.1, 0.15) is 5.82 Å². The Bertz CT molecular complexity index is 1410. The Kier molecular flexibility index (Phi) is 5.02. The minimum Gasteiger partial charge on any atom is -0.454 e. The first-order valence-electron chi connectivity index (χ1n) is 9.88. The highest BCUT2D eigenvalue weighted by atomic mass is 32.1. The van der Waals surface area contributed by atoms with Gasteiger partial charge < -0.3 is 14.8 Å². The van der Waals surface area contributed by atoms with Gasteiger partial charge >= 0.3 is 0 Å². The second-order valence-electron chi connectivity index (χ2n) is 7.33. The molecule has 0 saturated carbocycles. The lowest BCUT2D eigenvalue weighted by Gasteiger charge is -2.09. The predicted octanol–water partition coefficient (Wildman–Crippen LogP) is 4.50. The average Bonchev–Trinajstić information content (AvgIpc) is 3.52. The monoisotopic (exact) mass is 463 g/mol. The molecular weight excluding hydrogens is 446 g/mol. The quantitative estimate of drug-likeness (QED) is 0.341. The van der Waals surface area contributed by atoms with Crippen molar-refractivity contribution in [1.29, 1.82) is 0 Å². The molecule has 1 aliphatic rings. The lowest BCUT2D eigenvalue weighted by Crippen LogP contribution is -2.16. The number of rotatable bonds is 5. The number of nitro groups is 1. The van der Waals surface area contributed by atoms with Crippen LogP contribution in [-0.2, 0) is 0 Å². The maximum atomic E-state index is 12.9. The molecule has 2 aromatic carbocycles. The van der Waals surface area contributed by atoms with Crippen molar-refractivity contribution in [3.8, 4) is 27.9 Å². The topological polar surface area (TPSA) is 121 Å². The predicted molar refractivity (Wildman–Crippen MR) is 121 cm³/mol. The van der Waals surface area contributed by atoms with Crippen molar-refractivity contribution in [3.63, 3.8) is 0 Å². The van der Waals surface area contributed by atoms with Crippen LogP contribution < -0.4 is 14.8 Å². The summed E-state index contributed by atoms with van der Waals surface area (Å²) < 4.78 is 12.3. The Balaban J connectivity index is 1.44. The SMILES string of the molecule is Cc1cc(NC(=O)c2cccc([N+](=O)[O-])c2C)n(-c2nc(-c3ccc4c(c3)OCO4)cs2)n1. The number of fused-ring (bicyclic) bond motifs is 1. The van der Waals surface area contributed by atoms with E-state index in [1.54, 1.807) is 30.7 Å². The van der Waals surface area contributed by atoms with Gasteiger partial charge in [-0.3, -0.25) is 14.9 Å². The smallest absolute Gasteiger partial charge is 0.273 e. The van der Waals surface area contributed by atoms with Crippen LogP contribution in [0.15, 0.2) is 47.8 Å². The molecule has 0 saturated heterocycles. The molecule has 33 heavy (non-hydrogen) atoms. The van der Waals surface area contributed by atoms with Crippen LogP contribution in [0, 0.1) is 24.0 Å². The van der Waals surface area contributed by atoms with Gasteiger partial charge in [0.25, 0.3) is 11.6 Å². The van der Waals surface area contributed by atoms with Gasteiger partial charge in [-0.05, 0) is 38.1 Å². The molecule has 0 aliphatic carbocycles. The summed E-state index contributed by atoms with van der Waals surface area (Å²) in [6.07, 6.45) is 0. The number of thiazole rings is 1. The lowest BCUT2D eigenvalue weighted by molar-refractivity contribution is -0.385. The van der Waals surface area contributed by atoms with E-state index >= 15 is 0 Å². The number of nitro benzene ring substituents is 1. The van der Waals surface area contributed by atoms with Crippen LogP contribution >= 0.6 is 11.3 Å². The number of hydrogen-bond acceptors (Lipinski definition) is 8. The number of amides is 1. The van der Waals surface area contributed by atoms with Crippen LogP contribution in [0.25, 0.3) is 16.4 Å². The average molecular weight is 463 g/mol. The first kappa shape index (κ1) is 20.6. The molecule has 3 heterocycles. The Morgan fingerprint density at radius 2 is 2.00 bits per heavy atom. The molecule has 1 aliphatic heterocycles. The number of carbonyl (C=O) groups is 1. The first-order chi connectivity index (χ1) is 15.9. The van der Waals surface area contributed by atoms with Crippen molar-refractivity contribution in [2.45, 2.75) is 13.8 Å². The van der Waals surface area contributed by atoms with Crippen molar-refractivity contribution in [2.75, 3.05) is 12.1 Å². The molecule has 166 valence electrons. The van der Waals surface area contributed by atoms with E-state index in [0.29, 0.717) is 33.7 Å². The van der Waals surface area contributed by atoms with Crippen LogP contribution in [0.5, 0.6) is 11.5 Å². The van der Waals surface area contributed by atoms with E-state index in [4.69, 9.17) is 9.47 Å². The molecule has 1 amide bonds. The summed E-state index contributed by atoms with van der Waals surface area (Å²) in [5.74, 6) is 1.30. The molecule has 10 nitrogen and oxygen atoms in total. The van der Waals surface area contributed by atoms with E-state index < -0.39 is 10.8 Å². The van der Waals surface area contributed by atoms with Gasteiger partial charge in [0.15, 0.2) is 11.5 Å². The van der Waals surface area contributed by atoms with E-state index in [2.05, 4.69) is 15.4 Å². The second-order valence-corrected chi connectivity index (χ2v) is 8.16. The number of benzene rings is 2. The van der Waals surface area contributed by atoms with Gasteiger partial charge in [0.05, 0.1) is 16.3 Å². The molecule has 0 bridgehead atoms. The summed E-state index contributed by atoms with van der Waals surface area (Å²) in [5.41, 5.74) is 2.68. The fourth-order valence-corrected chi connectivity index (χ4v) is 4.33. The van der Waals surface area contributed by atoms with Crippen LogP contribution in [0.2, 0.25) is 0 Å². The molecule has 5 rings (SSSR count). The minimum absolute atomic E-state index is 0.111. The summed E-state index contributed by atoms with van der Waals surface area (Å²) >= 11 is 1.37. The van der Waals surface area contributed by atoms with Crippen LogP contribution in [-0.4, -0.2) is 32.4 Å². The molecule has 11 heteroatoms. The van der Waals surface area contributed by atoms with Crippen molar-refractivity contribution >= 4 is 28.7 Å². The van der Waals surface area contributed by atoms with E-state index in [9.17, 15) is 14.9 Å².